The largest absolute Gasteiger partial charge is 0.310 e. The SMILES string of the molecule is C=C/C(=C\C=C(/C)c1cccc2cccc(-c3ccc(C#N)cc3)c12)N(c1ccc2ccccc2c1)c1ccc2ccccc2c1. The molecule has 0 N–H and O–H groups in total. The van der Waals surface area contributed by atoms with Crippen LogP contribution in [0.2, 0.25) is 0 Å². The van der Waals surface area contributed by atoms with E-state index in [-0.39, 0.29) is 0 Å². The Morgan fingerprint density at radius 3 is 1.76 bits per heavy atom. The van der Waals surface area contributed by atoms with Gasteiger partial charge in [-0.15, -0.1) is 0 Å². The van der Waals surface area contributed by atoms with Crippen LogP contribution in [0.3, 0.4) is 0 Å². The number of hydrogen-bond donors (Lipinski definition) is 0. The average molecular weight is 589 g/mol. The number of benzene rings is 7. The maximum absolute atomic E-state index is 9.32. The molecule has 2 heteroatoms. The summed E-state index contributed by atoms with van der Waals surface area (Å²) < 4.78 is 0. The zero-order chi connectivity index (χ0) is 31.5. The lowest BCUT2D eigenvalue weighted by Crippen LogP contribution is -2.15. The Kier molecular flexibility index (Phi) is 7.73. The number of nitriles is 1. The Bertz CT molecular complexity index is 2270. The topological polar surface area (TPSA) is 27.0 Å². The predicted molar refractivity (Wildman–Crippen MR) is 196 cm³/mol. The maximum atomic E-state index is 9.32. The number of anilines is 2. The van der Waals surface area contributed by atoms with Crippen LogP contribution in [0, 0.1) is 11.3 Å². The Morgan fingerprint density at radius 2 is 1.17 bits per heavy atom. The van der Waals surface area contributed by atoms with Crippen LogP contribution < -0.4 is 4.90 Å². The molecule has 0 saturated carbocycles. The summed E-state index contributed by atoms with van der Waals surface area (Å²) in [6, 6.07) is 53.1. The van der Waals surface area contributed by atoms with Gasteiger partial charge in [0, 0.05) is 17.1 Å². The third kappa shape index (κ3) is 5.47. The van der Waals surface area contributed by atoms with Gasteiger partial charge in [0.2, 0.25) is 0 Å². The molecule has 0 aromatic heterocycles. The van der Waals surface area contributed by atoms with Crippen LogP contribution in [0.4, 0.5) is 11.4 Å². The first-order valence-electron chi connectivity index (χ1n) is 15.4. The Labute approximate surface area is 270 Å². The molecule has 0 aliphatic rings. The molecule has 0 heterocycles. The standard InChI is InChI=1S/C44H32N2/c1-3-39(25-18-31(2)42-16-8-14-36-15-9-17-43(44(36)42)35-21-19-32(30-45)20-22-35)46(40-26-23-33-10-4-6-12-37(33)28-40)41-27-24-34-11-5-7-13-38(34)29-41/h3-29H,1H2,2H3/b31-18+,39-25+. The van der Waals surface area contributed by atoms with E-state index < -0.39 is 0 Å². The normalized spacial score (nSPS) is 11.9. The smallest absolute Gasteiger partial charge is 0.0991 e. The number of fused-ring (bicyclic) bond motifs is 3. The summed E-state index contributed by atoms with van der Waals surface area (Å²) >= 11 is 0. The first kappa shape index (κ1) is 28.6. The molecule has 0 radical (unpaired) electrons. The summed E-state index contributed by atoms with van der Waals surface area (Å²) in [6.45, 7) is 6.43. The van der Waals surface area contributed by atoms with E-state index in [1.165, 1.54) is 37.9 Å². The van der Waals surface area contributed by atoms with Crippen LogP contribution in [-0.4, -0.2) is 0 Å². The molecule has 0 atom stereocenters. The van der Waals surface area contributed by atoms with Gasteiger partial charge in [-0.3, -0.25) is 0 Å². The molecule has 0 unspecified atom stereocenters. The molecule has 0 amide bonds. The van der Waals surface area contributed by atoms with Crippen LogP contribution in [-0.2, 0) is 0 Å². The maximum Gasteiger partial charge on any atom is 0.0991 e. The fourth-order valence-electron chi connectivity index (χ4n) is 6.25. The lowest BCUT2D eigenvalue weighted by molar-refractivity contribution is 1.22. The fourth-order valence-corrected chi connectivity index (χ4v) is 6.25. The second-order valence-corrected chi connectivity index (χ2v) is 11.4. The van der Waals surface area contributed by atoms with Crippen LogP contribution in [0.5, 0.6) is 0 Å². The number of hydrogen-bond acceptors (Lipinski definition) is 2. The van der Waals surface area contributed by atoms with Gasteiger partial charge in [0.05, 0.1) is 11.6 Å². The van der Waals surface area contributed by atoms with E-state index in [9.17, 15) is 5.26 Å². The third-order valence-corrected chi connectivity index (χ3v) is 8.61. The van der Waals surface area contributed by atoms with Crippen molar-refractivity contribution in [3.63, 3.8) is 0 Å². The van der Waals surface area contributed by atoms with Gasteiger partial charge in [-0.05, 0) is 110 Å². The Morgan fingerprint density at radius 1 is 0.609 bits per heavy atom. The summed E-state index contributed by atoms with van der Waals surface area (Å²) in [6.07, 6.45) is 6.28. The van der Waals surface area contributed by atoms with Gasteiger partial charge in [0.15, 0.2) is 0 Å². The van der Waals surface area contributed by atoms with Crippen molar-refractivity contribution in [1.82, 2.24) is 0 Å². The Hall–Kier alpha value is -6.17. The third-order valence-electron chi connectivity index (χ3n) is 8.61. The van der Waals surface area contributed by atoms with Gasteiger partial charge in [0.25, 0.3) is 0 Å². The van der Waals surface area contributed by atoms with E-state index in [1.54, 1.807) is 0 Å². The highest BCUT2D eigenvalue weighted by Crippen LogP contribution is 2.37. The minimum Gasteiger partial charge on any atom is -0.310 e. The van der Waals surface area contributed by atoms with Crippen molar-refractivity contribution >= 4 is 49.3 Å². The van der Waals surface area contributed by atoms with Gasteiger partial charge in [-0.25, -0.2) is 0 Å². The molecule has 0 spiro atoms. The van der Waals surface area contributed by atoms with E-state index in [0.29, 0.717) is 5.56 Å². The van der Waals surface area contributed by atoms with Crippen molar-refractivity contribution < 1.29 is 0 Å². The van der Waals surface area contributed by atoms with Crippen LogP contribution >= 0.6 is 0 Å². The van der Waals surface area contributed by atoms with Crippen LogP contribution in [0.1, 0.15) is 18.1 Å². The molecule has 0 bridgehead atoms. The van der Waals surface area contributed by atoms with Gasteiger partial charge >= 0.3 is 0 Å². The lowest BCUT2D eigenvalue weighted by Gasteiger charge is -2.27. The summed E-state index contributed by atoms with van der Waals surface area (Å²) in [7, 11) is 0. The quantitative estimate of drug-likeness (QED) is 0.173. The van der Waals surface area contributed by atoms with E-state index in [1.807, 2.05) is 30.3 Å². The molecule has 0 aliphatic heterocycles. The predicted octanol–water partition coefficient (Wildman–Crippen LogP) is 12.0. The van der Waals surface area contributed by atoms with Gasteiger partial charge in [-0.2, -0.15) is 5.26 Å². The average Bonchev–Trinajstić information content (AvgIpc) is 3.12. The molecule has 7 rings (SSSR count). The zero-order valence-electron chi connectivity index (χ0n) is 25.7. The summed E-state index contributed by atoms with van der Waals surface area (Å²) in [5.41, 5.74) is 8.31. The molecular formula is C44H32N2. The van der Waals surface area contributed by atoms with E-state index in [0.717, 1.165) is 33.8 Å². The molecule has 7 aromatic rings. The summed E-state index contributed by atoms with van der Waals surface area (Å²) in [5.74, 6) is 0. The molecule has 0 saturated heterocycles. The van der Waals surface area contributed by atoms with Gasteiger partial charge in [-0.1, -0.05) is 122 Å². The Balaban J connectivity index is 1.36. The van der Waals surface area contributed by atoms with Crippen molar-refractivity contribution in [3.05, 3.63) is 187 Å². The van der Waals surface area contributed by atoms with E-state index in [2.05, 4.69) is 158 Å². The minimum absolute atomic E-state index is 0.657. The van der Waals surface area contributed by atoms with E-state index >= 15 is 0 Å². The second-order valence-electron chi connectivity index (χ2n) is 11.4. The van der Waals surface area contributed by atoms with Crippen LogP contribution in [0.25, 0.3) is 49.0 Å². The first-order valence-corrected chi connectivity index (χ1v) is 15.4. The molecule has 0 fully saturated rings. The highest BCUT2D eigenvalue weighted by atomic mass is 15.1. The lowest BCUT2D eigenvalue weighted by atomic mass is 9.91. The highest BCUT2D eigenvalue weighted by molar-refractivity contribution is 6.04. The van der Waals surface area contributed by atoms with Crippen molar-refractivity contribution in [3.8, 4) is 17.2 Å². The van der Waals surface area contributed by atoms with Crippen molar-refractivity contribution in [1.29, 1.82) is 5.26 Å². The molecular weight excluding hydrogens is 556 g/mol. The van der Waals surface area contributed by atoms with Gasteiger partial charge < -0.3 is 4.90 Å². The van der Waals surface area contributed by atoms with E-state index in [4.69, 9.17) is 0 Å². The minimum atomic E-state index is 0.657. The van der Waals surface area contributed by atoms with Crippen LogP contribution in [0.15, 0.2) is 176 Å². The number of allylic oxidation sites excluding steroid dienone is 4. The molecule has 7 aromatic carbocycles. The number of rotatable bonds is 7. The molecule has 0 aliphatic carbocycles. The molecule has 46 heavy (non-hydrogen) atoms. The number of nitrogens with zero attached hydrogens (tertiary/aromatic N) is 2. The monoisotopic (exact) mass is 588 g/mol. The van der Waals surface area contributed by atoms with Crippen molar-refractivity contribution in [2.45, 2.75) is 6.92 Å². The van der Waals surface area contributed by atoms with Crippen molar-refractivity contribution in [2.75, 3.05) is 4.90 Å². The molecule has 218 valence electrons. The highest BCUT2D eigenvalue weighted by Gasteiger charge is 2.15. The molecule has 2 nitrogen and oxygen atoms in total. The zero-order valence-corrected chi connectivity index (χ0v) is 25.7. The van der Waals surface area contributed by atoms with Gasteiger partial charge in [0.1, 0.15) is 0 Å². The second kappa shape index (κ2) is 12.4. The summed E-state index contributed by atoms with van der Waals surface area (Å²) in [4.78, 5) is 2.28. The summed E-state index contributed by atoms with van der Waals surface area (Å²) in [5, 5.41) is 16.5. The first-order chi connectivity index (χ1) is 22.6. The fraction of sp³-hybridized carbons (Fsp3) is 0.0227. The van der Waals surface area contributed by atoms with Crippen molar-refractivity contribution in [2.24, 2.45) is 0 Å².